The van der Waals surface area contributed by atoms with Crippen LogP contribution >= 0.6 is 23.1 Å². The molecule has 42 heavy (non-hydrogen) atoms. The first-order valence-corrected chi connectivity index (χ1v) is 15.3. The van der Waals surface area contributed by atoms with Gasteiger partial charge in [-0.2, -0.15) is 0 Å². The van der Waals surface area contributed by atoms with Gasteiger partial charge in [0.1, 0.15) is 24.7 Å². The number of benzene rings is 3. The summed E-state index contributed by atoms with van der Waals surface area (Å²) in [4.78, 5) is 28.5. The molecular weight excluding hydrogens is 574 g/mol. The second kappa shape index (κ2) is 12.3. The Labute approximate surface area is 250 Å². The standard InChI is InChI=1S/C31H27N3O6S2/c1-2-13-38-22-10-6-9-20(16-22)26-25(27(35)21-11-12-23-24(17-21)40-15-14-39-23)28(36)29(37)34(26)30-32-33-31(42-30)41-18-19-7-4-3-5-8-19/h3-12,16-17,26,35H,2,13-15,18H2,1H3/b27-25+. The molecule has 6 rings (SSSR count). The molecule has 3 heterocycles. The number of aliphatic hydroxyl groups excluding tert-OH is 1. The number of amides is 1. The number of hydrogen-bond donors (Lipinski definition) is 1. The van der Waals surface area contributed by atoms with Gasteiger partial charge in [-0.1, -0.05) is 72.5 Å². The molecule has 1 saturated heterocycles. The fourth-order valence-corrected chi connectivity index (χ4v) is 6.59. The molecule has 4 aromatic rings. The van der Waals surface area contributed by atoms with Crippen molar-refractivity contribution in [2.24, 2.45) is 0 Å². The Bertz CT molecular complexity index is 1660. The second-order valence-corrected chi connectivity index (χ2v) is 11.8. The molecule has 0 saturated carbocycles. The molecule has 11 heteroatoms. The van der Waals surface area contributed by atoms with Crippen molar-refractivity contribution in [3.63, 3.8) is 0 Å². The molecule has 1 fully saturated rings. The zero-order valence-electron chi connectivity index (χ0n) is 22.7. The molecule has 0 aliphatic carbocycles. The summed E-state index contributed by atoms with van der Waals surface area (Å²) in [6, 6.07) is 21.1. The molecule has 1 unspecified atom stereocenters. The Kier molecular flexibility index (Phi) is 8.11. The normalized spacial score (nSPS) is 17.5. The van der Waals surface area contributed by atoms with Crippen LogP contribution in [-0.2, 0) is 15.3 Å². The average molecular weight is 602 g/mol. The third-order valence-corrected chi connectivity index (χ3v) is 8.84. The van der Waals surface area contributed by atoms with Crippen molar-refractivity contribution < 1.29 is 28.9 Å². The molecular formula is C31H27N3O6S2. The summed E-state index contributed by atoms with van der Waals surface area (Å²) in [7, 11) is 0. The number of carbonyl (C=O) groups is 2. The summed E-state index contributed by atoms with van der Waals surface area (Å²) in [6.07, 6.45) is 0.820. The molecule has 0 radical (unpaired) electrons. The van der Waals surface area contributed by atoms with Gasteiger partial charge in [-0.25, -0.2) is 0 Å². The van der Waals surface area contributed by atoms with E-state index >= 15 is 0 Å². The molecule has 214 valence electrons. The number of thioether (sulfide) groups is 1. The van der Waals surface area contributed by atoms with E-state index in [2.05, 4.69) is 10.2 Å². The smallest absolute Gasteiger partial charge is 0.301 e. The Hall–Kier alpha value is -4.35. The number of ketones is 1. The van der Waals surface area contributed by atoms with E-state index in [1.54, 1.807) is 36.4 Å². The van der Waals surface area contributed by atoms with Gasteiger partial charge in [0.2, 0.25) is 5.13 Å². The third-order valence-electron chi connectivity index (χ3n) is 6.71. The molecule has 1 atom stereocenters. The van der Waals surface area contributed by atoms with Crippen molar-refractivity contribution in [1.82, 2.24) is 10.2 Å². The van der Waals surface area contributed by atoms with Gasteiger partial charge < -0.3 is 19.3 Å². The quantitative estimate of drug-likeness (QED) is 0.0810. The summed E-state index contributed by atoms with van der Waals surface area (Å²) >= 11 is 2.72. The molecule has 0 spiro atoms. The first-order chi connectivity index (χ1) is 20.5. The summed E-state index contributed by atoms with van der Waals surface area (Å²) < 4.78 is 17.8. The number of Topliss-reactive ketones (excluding diaryl/α,β-unsaturated/α-hetero) is 1. The van der Waals surface area contributed by atoms with Crippen molar-refractivity contribution in [1.29, 1.82) is 0 Å². The van der Waals surface area contributed by atoms with Crippen molar-refractivity contribution in [3.05, 3.63) is 95.1 Å². The lowest BCUT2D eigenvalue weighted by Crippen LogP contribution is -2.29. The van der Waals surface area contributed by atoms with Gasteiger partial charge in [0.25, 0.3) is 5.78 Å². The van der Waals surface area contributed by atoms with Gasteiger partial charge in [0.05, 0.1) is 18.2 Å². The van der Waals surface area contributed by atoms with Gasteiger partial charge in [-0.15, -0.1) is 10.2 Å². The fraction of sp³-hybridized carbons (Fsp3) is 0.226. The number of ether oxygens (including phenoxy) is 3. The largest absolute Gasteiger partial charge is 0.507 e. The molecule has 1 aromatic heterocycles. The molecule has 1 N–H and O–H groups in total. The highest BCUT2D eigenvalue weighted by Crippen LogP contribution is 2.45. The Morgan fingerprint density at radius 3 is 2.64 bits per heavy atom. The fourth-order valence-electron chi connectivity index (χ4n) is 4.76. The van der Waals surface area contributed by atoms with E-state index in [9.17, 15) is 14.7 Å². The monoisotopic (exact) mass is 601 g/mol. The highest BCUT2D eigenvalue weighted by molar-refractivity contribution is 8.00. The van der Waals surface area contributed by atoms with Crippen LogP contribution in [0.25, 0.3) is 5.76 Å². The van der Waals surface area contributed by atoms with Gasteiger partial charge in [-0.05, 0) is 47.9 Å². The molecule has 2 aliphatic rings. The lowest BCUT2D eigenvalue weighted by Gasteiger charge is -2.23. The van der Waals surface area contributed by atoms with Crippen LogP contribution in [0.15, 0.2) is 82.7 Å². The summed E-state index contributed by atoms with van der Waals surface area (Å²) in [5, 5.41) is 20.4. The van der Waals surface area contributed by atoms with E-state index in [1.165, 1.54) is 28.0 Å². The van der Waals surface area contributed by atoms with Crippen LogP contribution < -0.4 is 19.1 Å². The SMILES string of the molecule is CCCOc1cccc(C2/C(=C(\O)c3ccc4c(c3)OCCO4)C(=O)C(=O)N2c2nnc(SCc3ccccc3)s2)c1. The van der Waals surface area contributed by atoms with Crippen LogP contribution in [0.2, 0.25) is 0 Å². The minimum atomic E-state index is -0.955. The summed E-state index contributed by atoms with van der Waals surface area (Å²) in [5.41, 5.74) is 1.99. The Morgan fingerprint density at radius 1 is 1.02 bits per heavy atom. The van der Waals surface area contributed by atoms with E-state index in [0.717, 1.165) is 12.0 Å². The second-order valence-electron chi connectivity index (χ2n) is 9.57. The molecule has 0 bridgehead atoms. The first-order valence-electron chi connectivity index (χ1n) is 13.5. The summed E-state index contributed by atoms with van der Waals surface area (Å²) in [6.45, 7) is 3.31. The number of rotatable bonds is 9. The first kappa shape index (κ1) is 27.8. The van der Waals surface area contributed by atoms with Crippen LogP contribution in [0, 0.1) is 0 Å². The van der Waals surface area contributed by atoms with E-state index in [0.29, 0.717) is 58.3 Å². The lowest BCUT2D eigenvalue weighted by molar-refractivity contribution is -0.132. The molecule has 2 aliphatic heterocycles. The van der Waals surface area contributed by atoms with E-state index in [-0.39, 0.29) is 16.5 Å². The van der Waals surface area contributed by atoms with Crippen LogP contribution in [0.4, 0.5) is 5.13 Å². The number of nitrogens with zero attached hydrogens (tertiary/aromatic N) is 3. The number of anilines is 1. The highest BCUT2D eigenvalue weighted by atomic mass is 32.2. The average Bonchev–Trinajstić information content (AvgIpc) is 3.60. The van der Waals surface area contributed by atoms with Crippen molar-refractivity contribution in [3.8, 4) is 17.2 Å². The number of carbonyl (C=O) groups excluding carboxylic acids is 2. The lowest BCUT2D eigenvalue weighted by atomic mass is 9.95. The minimum Gasteiger partial charge on any atom is -0.507 e. The molecule has 3 aromatic carbocycles. The zero-order valence-corrected chi connectivity index (χ0v) is 24.3. The Morgan fingerprint density at radius 2 is 1.83 bits per heavy atom. The predicted molar refractivity (Wildman–Crippen MR) is 160 cm³/mol. The van der Waals surface area contributed by atoms with Crippen LogP contribution in [0.3, 0.4) is 0 Å². The number of hydrogen-bond acceptors (Lipinski definition) is 10. The Balaban J connectivity index is 1.41. The van der Waals surface area contributed by atoms with Crippen molar-refractivity contribution in [2.75, 3.05) is 24.7 Å². The minimum absolute atomic E-state index is 0.0574. The topological polar surface area (TPSA) is 111 Å². The zero-order chi connectivity index (χ0) is 29.1. The van der Waals surface area contributed by atoms with E-state index < -0.39 is 17.7 Å². The van der Waals surface area contributed by atoms with Crippen LogP contribution in [0.5, 0.6) is 17.2 Å². The maximum Gasteiger partial charge on any atom is 0.301 e. The van der Waals surface area contributed by atoms with Gasteiger partial charge in [0.15, 0.2) is 15.8 Å². The van der Waals surface area contributed by atoms with E-state index in [4.69, 9.17) is 14.2 Å². The maximum atomic E-state index is 13.6. The third kappa shape index (κ3) is 5.57. The van der Waals surface area contributed by atoms with Gasteiger partial charge in [-0.3, -0.25) is 14.5 Å². The summed E-state index contributed by atoms with van der Waals surface area (Å²) in [5.74, 6) is 0.339. The molecule has 9 nitrogen and oxygen atoms in total. The van der Waals surface area contributed by atoms with Crippen molar-refractivity contribution in [2.45, 2.75) is 29.5 Å². The highest BCUT2D eigenvalue weighted by Gasteiger charge is 2.48. The maximum absolute atomic E-state index is 13.6. The van der Waals surface area contributed by atoms with Gasteiger partial charge in [0, 0.05) is 11.3 Å². The van der Waals surface area contributed by atoms with E-state index in [1.807, 2.05) is 43.3 Å². The van der Waals surface area contributed by atoms with Crippen LogP contribution in [-0.4, -0.2) is 46.8 Å². The van der Waals surface area contributed by atoms with Gasteiger partial charge >= 0.3 is 5.91 Å². The number of aliphatic hydroxyl groups is 1. The molecule has 1 amide bonds. The number of fused-ring (bicyclic) bond motifs is 1. The van der Waals surface area contributed by atoms with Crippen LogP contribution in [0.1, 0.15) is 36.1 Å². The van der Waals surface area contributed by atoms with Crippen molar-refractivity contribution >= 4 is 45.7 Å². The number of aromatic nitrogens is 2. The predicted octanol–water partition coefficient (Wildman–Crippen LogP) is 6.02.